The molecule has 0 aliphatic heterocycles. The summed E-state index contributed by atoms with van der Waals surface area (Å²) in [5.74, 6) is -0.131. The number of imidazole rings is 1. The fourth-order valence-electron chi connectivity index (χ4n) is 4.26. The van der Waals surface area contributed by atoms with Crippen LogP contribution in [0.1, 0.15) is 32.7 Å². The Morgan fingerprint density at radius 1 is 0.806 bits per heavy atom. The van der Waals surface area contributed by atoms with Gasteiger partial charge in [0.1, 0.15) is 11.1 Å². The molecule has 0 spiro atoms. The first-order valence-corrected chi connectivity index (χ1v) is 12.6. The lowest BCUT2D eigenvalue weighted by atomic mass is 9.84. The summed E-state index contributed by atoms with van der Waals surface area (Å²) < 4.78 is 1.60. The number of benzene rings is 3. The zero-order valence-electron chi connectivity index (χ0n) is 19.7. The van der Waals surface area contributed by atoms with Crippen LogP contribution in [0.2, 0.25) is 0 Å². The molecule has 0 aliphatic rings. The molecular weight excluding hydrogens is 464 g/mol. The number of aromatic nitrogens is 3. The maximum Gasteiger partial charge on any atom is 0.252 e. The van der Waals surface area contributed by atoms with Crippen molar-refractivity contribution in [3.63, 3.8) is 0 Å². The van der Waals surface area contributed by atoms with Crippen molar-refractivity contribution in [1.82, 2.24) is 19.3 Å². The van der Waals surface area contributed by atoms with Crippen LogP contribution in [0, 0.1) is 0 Å². The molecule has 0 atom stereocenters. The van der Waals surface area contributed by atoms with Crippen LogP contribution in [0.25, 0.3) is 0 Å². The number of hydrogen-bond donors (Lipinski definition) is 1. The Morgan fingerprint density at radius 2 is 1.39 bits per heavy atom. The number of rotatable bonds is 9. The quantitative estimate of drug-likeness (QED) is 0.268. The molecule has 2 aromatic heterocycles. The predicted octanol–water partition coefficient (Wildman–Crippen LogP) is 5.74. The lowest BCUT2D eigenvalue weighted by molar-refractivity contribution is 0.0953. The van der Waals surface area contributed by atoms with Gasteiger partial charge in [0.15, 0.2) is 0 Å². The molecule has 0 saturated carbocycles. The topological polar surface area (TPSA) is 59.8 Å². The van der Waals surface area contributed by atoms with Crippen LogP contribution >= 0.6 is 11.9 Å². The maximum absolute atomic E-state index is 12.3. The lowest BCUT2D eigenvalue weighted by Gasteiger charge is -2.35. The van der Waals surface area contributed by atoms with E-state index in [0.717, 1.165) is 5.69 Å². The summed E-state index contributed by atoms with van der Waals surface area (Å²) in [5, 5.41) is 2.95. The number of hydrogen-bond acceptors (Lipinski definition) is 4. The summed E-state index contributed by atoms with van der Waals surface area (Å²) >= 11 is 1.71. The SMILES string of the molecule is O=C(NCCc1cn(SC(c2ccccc2)(c2ccccc2)c2ccccc2)cn1)c1cccnc1. The van der Waals surface area contributed by atoms with Gasteiger partial charge in [-0.2, -0.15) is 0 Å². The van der Waals surface area contributed by atoms with E-state index in [4.69, 9.17) is 0 Å². The molecule has 6 heteroatoms. The van der Waals surface area contributed by atoms with E-state index in [0.29, 0.717) is 18.5 Å². The number of amides is 1. The van der Waals surface area contributed by atoms with Gasteiger partial charge >= 0.3 is 0 Å². The van der Waals surface area contributed by atoms with Gasteiger partial charge in [0.2, 0.25) is 0 Å². The number of pyridine rings is 1. The zero-order valence-corrected chi connectivity index (χ0v) is 20.5. The first-order chi connectivity index (χ1) is 17.8. The van der Waals surface area contributed by atoms with Gasteiger partial charge in [0, 0.05) is 31.6 Å². The Bertz CT molecular complexity index is 1290. The van der Waals surface area contributed by atoms with Gasteiger partial charge in [-0.25, -0.2) is 4.98 Å². The molecule has 178 valence electrons. The van der Waals surface area contributed by atoms with Crippen LogP contribution in [0.5, 0.6) is 0 Å². The van der Waals surface area contributed by atoms with E-state index in [1.54, 1.807) is 36.5 Å². The third-order valence-electron chi connectivity index (χ3n) is 5.99. The molecule has 0 bridgehead atoms. The summed E-state index contributed by atoms with van der Waals surface area (Å²) in [5.41, 5.74) is 5.03. The second-order valence-corrected chi connectivity index (χ2v) is 9.56. The van der Waals surface area contributed by atoms with Crippen molar-refractivity contribution in [1.29, 1.82) is 0 Å². The summed E-state index contributed by atoms with van der Waals surface area (Å²) in [4.78, 5) is 21.0. The highest BCUT2D eigenvalue weighted by molar-refractivity contribution is 7.99. The van der Waals surface area contributed by atoms with Crippen LogP contribution in [0.4, 0.5) is 0 Å². The molecule has 2 heterocycles. The molecule has 5 nitrogen and oxygen atoms in total. The lowest BCUT2D eigenvalue weighted by Crippen LogP contribution is -2.27. The molecule has 5 rings (SSSR count). The molecular formula is C30H26N4OS. The minimum atomic E-state index is -0.476. The molecule has 0 aliphatic carbocycles. The second-order valence-electron chi connectivity index (χ2n) is 8.34. The number of carbonyl (C=O) groups is 1. The maximum atomic E-state index is 12.3. The van der Waals surface area contributed by atoms with Crippen molar-refractivity contribution < 1.29 is 4.79 Å². The van der Waals surface area contributed by atoms with Crippen molar-refractivity contribution in [2.75, 3.05) is 6.54 Å². The van der Waals surface area contributed by atoms with Gasteiger partial charge < -0.3 is 5.32 Å². The minimum Gasteiger partial charge on any atom is -0.352 e. The van der Waals surface area contributed by atoms with Crippen molar-refractivity contribution in [2.24, 2.45) is 0 Å². The average molecular weight is 491 g/mol. The summed E-state index contributed by atoms with van der Waals surface area (Å²) in [6.45, 7) is 0.497. The van der Waals surface area contributed by atoms with E-state index in [1.165, 1.54) is 16.7 Å². The van der Waals surface area contributed by atoms with Crippen molar-refractivity contribution >= 4 is 17.9 Å². The minimum absolute atomic E-state index is 0.131. The first kappa shape index (κ1) is 23.6. The van der Waals surface area contributed by atoms with Crippen LogP contribution < -0.4 is 5.32 Å². The molecule has 0 fully saturated rings. The van der Waals surface area contributed by atoms with E-state index in [9.17, 15) is 4.79 Å². The Hall–Kier alpha value is -4.16. The van der Waals surface area contributed by atoms with E-state index in [1.807, 2.05) is 30.7 Å². The summed E-state index contributed by atoms with van der Waals surface area (Å²) in [6, 6.07) is 35.2. The van der Waals surface area contributed by atoms with E-state index < -0.39 is 4.75 Å². The molecule has 0 radical (unpaired) electrons. The van der Waals surface area contributed by atoms with Crippen LogP contribution in [0.15, 0.2) is 128 Å². The highest BCUT2D eigenvalue weighted by atomic mass is 32.2. The molecule has 1 amide bonds. The predicted molar refractivity (Wildman–Crippen MR) is 145 cm³/mol. The fraction of sp³-hybridized carbons (Fsp3) is 0.100. The van der Waals surface area contributed by atoms with Gasteiger partial charge in [-0.3, -0.25) is 13.8 Å². The van der Waals surface area contributed by atoms with E-state index >= 15 is 0 Å². The Kier molecular flexibility index (Phi) is 7.24. The van der Waals surface area contributed by atoms with Crippen LogP contribution in [0.3, 0.4) is 0 Å². The van der Waals surface area contributed by atoms with Gasteiger partial charge in [0.25, 0.3) is 5.91 Å². The van der Waals surface area contributed by atoms with Gasteiger partial charge in [-0.1, -0.05) is 91.0 Å². The smallest absolute Gasteiger partial charge is 0.252 e. The standard InChI is InChI=1S/C30H26N4OS/c35-29(24-11-10-19-31-21-24)32-20-18-28-22-34(23-33-28)36-30(25-12-4-1-5-13-25,26-14-6-2-7-15-26)27-16-8-3-9-17-27/h1-17,19,21-23H,18,20H2,(H,32,35). The average Bonchev–Trinajstić information content (AvgIpc) is 3.40. The molecule has 36 heavy (non-hydrogen) atoms. The number of nitrogens with one attached hydrogen (secondary N) is 1. The monoisotopic (exact) mass is 490 g/mol. The highest BCUT2D eigenvalue weighted by Gasteiger charge is 2.38. The molecule has 0 unspecified atom stereocenters. The third-order valence-corrected chi connectivity index (χ3v) is 7.38. The van der Waals surface area contributed by atoms with Gasteiger partial charge in [0.05, 0.1) is 11.3 Å². The summed E-state index contributed by atoms with van der Waals surface area (Å²) in [7, 11) is 0. The number of carbonyl (C=O) groups excluding carboxylic acids is 1. The first-order valence-electron chi connectivity index (χ1n) is 11.8. The van der Waals surface area contributed by atoms with E-state index in [-0.39, 0.29) is 5.91 Å². The van der Waals surface area contributed by atoms with Gasteiger partial charge in [-0.05, 0) is 40.8 Å². The summed E-state index contributed by atoms with van der Waals surface area (Å²) in [6.07, 6.45) is 7.75. The van der Waals surface area contributed by atoms with Crippen LogP contribution in [-0.4, -0.2) is 26.4 Å². The fourth-order valence-corrected chi connectivity index (χ4v) is 5.57. The van der Waals surface area contributed by atoms with Crippen LogP contribution in [-0.2, 0) is 11.2 Å². The zero-order chi connectivity index (χ0) is 24.6. The Balaban J connectivity index is 1.42. The van der Waals surface area contributed by atoms with Crippen molar-refractivity contribution in [3.8, 4) is 0 Å². The van der Waals surface area contributed by atoms with Crippen molar-refractivity contribution in [2.45, 2.75) is 11.2 Å². The van der Waals surface area contributed by atoms with Gasteiger partial charge in [-0.15, -0.1) is 0 Å². The Morgan fingerprint density at radius 3 is 1.92 bits per heavy atom. The molecule has 3 aromatic carbocycles. The van der Waals surface area contributed by atoms with E-state index in [2.05, 4.69) is 92.1 Å². The normalized spacial score (nSPS) is 11.2. The Labute approximate surface area is 215 Å². The number of nitrogens with zero attached hydrogens (tertiary/aromatic N) is 3. The van der Waals surface area contributed by atoms with Crippen molar-refractivity contribution in [3.05, 3.63) is 156 Å². The molecule has 5 aromatic rings. The third kappa shape index (κ3) is 5.09. The highest BCUT2D eigenvalue weighted by Crippen LogP contribution is 2.48. The molecule has 1 N–H and O–H groups in total. The second kappa shape index (κ2) is 11.1. The largest absolute Gasteiger partial charge is 0.352 e. The molecule has 0 saturated heterocycles.